The van der Waals surface area contributed by atoms with Crippen LogP contribution in [-0.4, -0.2) is 38.6 Å². The Kier molecular flexibility index (Phi) is 4.89. The molecule has 80 valence electrons. The van der Waals surface area contributed by atoms with Gasteiger partial charge < -0.3 is 14.2 Å². The number of hydrogen-bond acceptors (Lipinski definition) is 3. The fourth-order valence-corrected chi connectivity index (χ4v) is 0.817. The second-order valence-electron chi connectivity index (χ2n) is 4.45. The predicted molar refractivity (Wildman–Crippen MR) is 53.0 cm³/mol. The molecule has 0 saturated carbocycles. The molecule has 0 rings (SSSR count). The molecule has 0 aliphatic carbocycles. The molecule has 0 aromatic rings. The molecular formula is C10H22O3. The first-order valence-corrected chi connectivity index (χ1v) is 4.51. The van der Waals surface area contributed by atoms with E-state index in [4.69, 9.17) is 14.2 Å². The van der Waals surface area contributed by atoms with Gasteiger partial charge in [-0.05, 0) is 27.7 Å². The van der Waals surface area contributed by atoms with Gasteiger partial charge >= 0.3 is 0 Å². The third kappa shape index (κ3) is 6.02. The van der Waals surface area contributed by atoms with Gasteiger partial charge in [0.2, 0.25) is 0 Å². The van der Waals surface area contributed by atoms with Crippen LogP contribution in [0.25, 0.3) is 0 Å². The van der Waals surface area contributed by atoms with Crippen molar-refractivity contribution < 1.29 is 14.2 Å². The fourth-order valence-electron chi connectivity index (χ4n) is 0.817. The molecule has 0 unspecified atom stereocenters. The maximum Gasteiger partial charge on any atom is 0.0860 e. The average molecular weight is 190 g/mol. The van der Waals surface area contributed by atoms with Gasteiger partial charge in [-0.2, -0.15) is 0 Å². The zero-order valence-corrected chi connectivity index (χ0v) is 9.64. The highest BCUT2D eigenvalue weighted by Crippen LogP contribution is 2.15. The zero-order chi connectivity index (χ0) is 10.5. The quantitative estimate of drug-likeness (QED) is 0.639. The first-order chi connectivity index (χ1) is 5.83. The second-order valence-corrected chi connectivity index (χ2v) is 4.45. The largest absolute Gasteiger partial charge is 0.382 e. The van der Waals surface area contributed by atoms with Crippen LogP contribution in [0.1, 0.15) is 27.7 Å². The van der Waals surface area contributed by atoms with Gasteiger partial charge in [0.25, 0.3) is 0 Å². The van der Waals surface area contributed by atoms with Gasteiger partial charge in [-0.1, -0.05) is 0 Å². The van der Waals surface area contributed by atoms with Gasteiger partial charge in [0, 0.05) is 14.2 Å². The molecule has 3 heteroatoms. The molecule has 0 aromatic carbocycles. The summed E-state index contributed by atoms with van der Waals surface area (Å²) in [6.07, 6.45) is 0. The van der Waals surface area contributed by atoms with Crippen LogP contribution >= 0.6 is 0 Å². The monoisotopic (exact) mass is 190 g/mol. The van der Waals surface area contributed by atoms with Crippen LogP contribution < -0.4 is 0 Å². The van der Waals surface area contributed by atoms with Crippen molar-refractivity contribution in [1.29, 1.82) is 0 Å². The first-order valence-electron chi connectivity index (χ1n) is 4.51. The molecule has 0 bridgehead atoms. The Morgan fingerprint density at radius 2 is 1.38 bits per heavy atom. The summed E-state index contributed by atoms with van der Waals surface area (Å²) in [7, 11) is 3.36. The normalized spacial score (nSPS) is 13.4. The Labute approximate surface area is 81.4 Å². The van der Waals surface area contributed by atoms with E-state index in [-0.39, 0.29) is 11.2 Å². The molecule has 0 saturated heterocycles. The topological polar surface area (TPSA) is 27.7 Å². The van der Waals surface area contributed by atoms with Gasteiger partial charge in [-0.3, -0.25) is 0 Å². The lowest BCUT2D eigenvalue weighted by molar-refractivity contribution is -0.125. The summed E-state index contributed by atoms with van der Waals surface area (Å²) in [4.78, 5) is 0. The number of rotatable bonds is 6. The number of hydrogen-bond donors (Lipinski definition) is 0. The van der Waals surface area contributed by atoms with Crippen LogP contribution in [0.5, 0.6) is 0 Å². The van der Waals surface area contributed by atoms with E-state index in [2.05, 4.69) is 0 Å². The Hall–Kier alpha value is -0.120. The molecule has 13 heavy (non-hydrogen) atoms. The first kappa shape index (κ1) is 12.9. The summed E-state index contributed by atoms with van der Waals surface area (Å²) >= 11 is 0. The Balaban J connectivity index is 3.86. The molecular weight excluding hydrogens is 168 g/mol. The molecule has 0 N–H and O–H groups in total. The van der Waals surface area contributed by atoms with Gasteiger partial charge in [0.15, 0.2) is 0 Å². The lowest BCUT2D eigenvalue weighted by atomic mass is 10.1. The molecule has 0 spiro atoms. The Morgan fingerprint density at radius 3 is 1.77 bits per heavy atom. The minimum atomic E-state index is -0.245. The van der Waals surface area contributed by atoms with Crippen LogP contribution in [-0.2, 0) is 14.2 Å². The molecule has 0 fully saturated rings. The highest BCUT2D eigenvalue weighted by atomic mass is 16.6. The fraction of sp³-hybridized carbons (Fsp3) is 1.00. The number of ether oxygens (including phenoxy) is 3. The van der Waals surface area contributed by atoms with Gasteiger partial charge in [-0.25, -0.2) is 0 Å². The van der Waals surface area contributed by atoms with Gasteiger partial charge in [0.05, 0.1) is 24.4 Å². The van der Waals surface area contributed by atoms with Crippen molar-refractivity contribution in [1.82, 2.24) is 0 Å². The maximum absolute atomic E-state index is 5.68. The van der Waals surface area contributed by atoms with Crippen LogP contribution in [0.2, 0.25) is 0 Å². The third-order valence-corrected chi connectivity index (χ3v) is 1.86. The molecule has 0 radical (unpaired) electrons. The second kappa shape index (κ2) is 4.94. The maximum atomic E-state index is 5.68. The predicted octanol–water partition coefficient (Wildman–Crippen LogP) is 1.85. The van der Waals surface area contributed by atoms with Gasteiger partial charge in [-0.15, -0.1) is 0 Å². The highest BCUT2D eigenvalue weighted by Gasteiger charge is 2.24. The molecule has 0 aliphatic heterocycles. The summed E-state index contributed by atoms with van der Waals surface area (Å²) in [6, 6.07) is 0. The summed E-state index contributed by atoms with van der Waals surface area (Å²) in [5.74, 6) is 0. The molecule has 0 aliphatic rings. The van der Waals surface area contributed by atoms with Crippen molar-refractivity contribution in [3.05, 3.63) is 0 Å². The van der Waals surface area contributed by atoms with E-state index < -0.39 is 0 Å². The van der Waals surface area contributed by atoms with Crippen molar-refractivity contribution >= 4 is 0 Å². The van der Waals surface area contributed by atoms with Crippen molar-refractivity contribution in [2.24, 2.45) is 0 Å². The van der Waals surface area contributed by atoms with E-state index in [9.17, 15) is 0 Å². The van der Waals surface area contributed by atoms with Crippen LogP contribution in [0.4, 0.5) is 0 Å². The minimum absolute atomic E-state index is 0.231. The third-order valence-electron chi connectivity index (χ3n) is 1.86. The van der Waals surface area contributed by atoms with Gasteiger partial charge in [0.1, 0.15) is 0 Å². The smallest absolute Gasteiger partial charge is 0.0860 e. The highest BCUT2D eigenvalue weighted by molar-refractivity contribution is 4.72. The van der Waals surface area contributed by atoms with Crippen molar-refractivity contribution in [2.75, 3.05) is 27.4 Å². The Morgan fingerprint density at radius 1 is 0.846 bits per heavy atom. The number of methoxy groups -OCH3 is 2. The molecule has 0 amide bonds. The van der Waals surface area contributed by atoms with E-state index in [1.807, 2.05) is 27.7 Å². The molecule has 0 atom stereocenters. The lowest BCUT2D eigenvalue weighted by Crippen LogP contribution is -2.38. The molecule has 0 aromatic heterocycles. The average Bonchev–Trinajstić information content (AvgIpc) is 2.02. The standard InChI is InChI=1S/C10H22O3/c1-9(2,12-6)8-13-10(3,4)7-11-5/h7-8H2,1-6H3. The Bertz CT molecular complexity index is 141. The SMILES string of the molecule is COCC(C)(C)OCC(C)(C)OC. The van der Waals surface area contributed by atoms with Crippen LogP contribution in [0, 0.1) is 0 Å². The van der Waals surface area contributed by atoms with E-state index in [1.165, 1.54) is 0 Å². The van der Waals surface area contributed by atoms with Crippen molar-refractivity contribution in [3.8, 4) is 0 Å². The van der Waals surface area contributed by atoms with Crippen molar-refractivity contribution in [2.45, 2.75) is 38.9 Å². The van der Waals surface area contributed by atoms with E-state index >= 15 is 0 Å². The van der Waals surface area contributed by atoms with E-state index in [0.717, 1.165) is 0 Å². The van der Waals surface area contributed by atoms with E-state index in [1.54, 1.807) is 14.2 Å². The minimum Gasteiger partial charge on any atom is -0.382 e. The zero-order valence-electron chi connectivity index (χ0n) is 9.64. The van der Waals surface area contributed by atoms with Crippen molar-refractivity contribution in [3.63, 3.8) is 0 Å². The van der Waals surface area contributed by atoms with Crippen LogP contribution in [0.15, 0.2) is 0 Å². The molecule has 0 heterocycles. The van der Waals surface area contributed by atoms with E-state index in [0.29, 0.717) is 13.2 Å². The lowest BCUT2D eigenvalue weighted by Gasteiger charge is -2.30. The summed E-state index contributed by atoms with van der Waals surface area (Å²) in [6.45, 7) is 9.16. The molecule has 3 nitrogen and oxygen atoms in total. The summed E-state index contributed by atoms with van der Waals surface area (Å²) in [5, 5.41) is 0. The summed E-state index contributed by atoms with van der Waals surface area (Å²) < 4.78 is 16.0. The summed E-state index contributed by atoms with van der Waals surface area (Å²) in [5.41, 5.74) is -0.477. The van der Waals surface area contributed by atoms with Crippen LogP contribution in [0.3, 0.4) is 0 Å².